The fourth-order valence-electron chi connectivity index (χ4n) is 3.83. The third-order valence-electron chi connectivity index (χ3n) is 5.59. The molecule has 0 radical (unpaired) electrons. The van der Waals surface area contributed by atoms with Crippen molar-refractivity contribution in [2.45, 2.75) is 19.9 Å². The van der Waals surface area contributed by atoms with Crippen molar-refractivity contribution in [1.82, 2.24) is 9.47 Å². The van der Waals surface area contributed by atoms with E-state index in [1.54, 1.807) is 36.1 Å². The number of halogens is 1. The highest BCUT2D eigenvalue weighted by Crippen LogP contribution is 2.32. The van der Waals surface area contributed by atoms with Gasteiger partial charge in [0.05, 0.1) is 12.0 Å². The number of hydrogen-bond donors (Lipinski definition) is 1. The summed E-state index contributed by atoms with van der Waals surface area (Å²) in [6, 6.07) is 15.9. The zero-order valence-corrected chi connectivity index (χ0v) is 15.6. The Hall–Kier alpha value is -3.15. The normalized spacial score (nSPS) is 19.3. The summed E-state index contributed by atoms with van der Waals surface area (Å²) >= 11 is 0. The van der Waals surface area contributed by atoms with E-state index >= 15 is 0 Å². The van der Waals surface area contributed by atoms with E-state index in [2.05, 4.69) is 0 Å². The predicted octanol–water partition coefficient (Wildman–Crippen LogP) is 3.77. The molecule has 1 atom stereocenters. The topological polar surface area (TPSA) is 62.5 Å². The van der Waals surface area contributed by atoms with Crippen LogP contribution in [-0.4, -0.2) is 39.5 Å². The van der Waals surface area contributed by atoms with Crippen LogP contribution >= 0.6 is 0 Å². The molecule has 0 bridgehead atoms. The van der Waals surface area contributed by atoms with E-state index in [-0.39, 0.29) is 24.8 Å². The third-order valence-corrected chi connectivity index (χ3v) is 5.59. The van der Waals surface area contributed by atoms with Gasteiger partial charge in [-0.25, -0.2) is 4.39 Å². The van der Waals surface area contributed by atoms with Crippen LogP contribution in [0.5, 0.6) is 0 Å². The largest absolute Gasteiger partial charge is 0.481 e. The number of likely N-dealkylation sites (tertiary alicyclic amines) is 1. The van der Waals surface area contributed by atoms with Crippen molar-refractivity contribution < 1.29 is 19.1 Å². The van der Waals surface area contributed by atoms with Crippen molar-refractivity contribution >= 4 is 22.8 Å². The molecule has 0 aliphatic carbocycles. The predicted molar refractivity (Wildman–Crippen MR) is 104 cm³/mol. The molecule has 1 N–H and O–H groups in total. The quantitative estimate of drug-likeness (QED) is 0.750. The number of amides is 1. The van der Waals surface area contributed by atoms with Gasteiger partial charge in [-0.15, -0.1) is 0 Å². The summed E-state index contributed by atoms with van der Waals surface area (Å²) in [7, 11) is 0. The molecule has 1 aromatic heterocycles. The second-order valence-corrected chi connectivity index (χ2v) is 7.61. The number of aromatic nitrogens is 1. The molecule has 0 saturated carbocycles. The number of hydrogen-bond acceptors (Lipinski definition) is 2. The van der Waals surface area contributed by atoms with Crippen molar-refractivity contribution in [3.05, 3.63) is 71.7 Å². The lowest BCUT2D eigenvalue weighted by Crippen LogP contribution is -2.35. The Morgan fingerprint density at radius 1 is 1.14 bits per heavy atom. The van der Waals surface area contributed by atoms with Crippen LogP contribution in [0.15, 0.2) is 54.6 Å². The van der Waals surface area contributed by atoms with Gasteiger partial charge in [-0.1, -0.05) is 36.4 Å². The lowest BCUT2D eigenvalue weighted by atomic mass is 9.90. The van der Waals surface area contributed by atoms with Crippen molar-refractivity contribution in [3.63, 3.8) is 0 Å². The Kier molecular flexibility index (Phi) is 4.41. The lowest BCUT2D eigenvalue weighted by Gasteiger charge is -2.21. The lowest BCUT2D eigenvalue weighted by molar-refractivity contribution is -0.147. The van der Waals surface area contributed by atoms with Crippen LogP contribution in [0.4, 0.5) is 4.39 Å². The van der Waals surface area contributed by atoms with E-state index in [1.165, 1.54) is 6.07 Å². The maximum atomic E-state index is 14.2. The van der Waals surface area contributed by atoms with Gasteiger partial charge in [0.25, 0.3) is 5.91 Å². The molecule has 3 aromatic rings. The van der Waals surface area contributed by atoms with Gasteiger partial charge in [-0.3, -0.25) is 9.59 Å². The zero-order chi connectivity index (χ0) is 19.9. The SMILES string of the molecule is CC1(C(=O)O)CCN(C(=O)c2cc3ccccc3n2Cc2ccccc2F)C1. The van der Waals surface area contributed by atoms with Crippen molar-refractivity contribution in [1.29, 1.82) is 0 Å². The molecule has 4 rings (SSSR count). The van der Waals surface area contributed by atoms with Gasteiger partial charge in [0, 0.05) is 29.6 Å². The zero-order valence-electron chi connectivity index (χ0n) is 15.6. The van der Waals surface area contributed by atoms with Gasteiger partial charge in [-0.2, -0.15) is 0 Å². The second kappa shape index (κ2) is 6.78. The monoisotopic (exact) mass is 380 g/mol. The second-order valence-electron chi connectivity index (χ2n) is 7.61. The van der Waals surface area contributed by atoms with E-state index in [0.717, 1.165) is 10.9 Å². The van der Waals surface area contributed by atoms with Gasteiger partial charge < -0.3 is 14.6 Å². The summed E-state index contributed by atoms with van der Waals surface area (Å²) in [4.78, 5) is 26.4. The minimum atomic E-state index is -0.932. The van der Waals surface area contributed by atoms with E-state index in [9.17, 15) is 19.1 Å². The summed E-state index contributed by atoms with van der Waals surface area (Å²) in [6.07, 6.45) is 0.418. The Morgan fingerprint density at radius 3 is 2.57 bits per heavy atom. The number of carbonyl (C=O) groups is 2. The molecule has 1 amide bonds. The fourth-order valence-corrected chi connectivity index (χ4v) is 3.83. The molecule has 1 saturated heterocycles. The minimum Gasteiger partial charge on any atom is -0.481 e. The van der Waals surface area contributed by atoms with E-state index in [0.29, 0.717) is 24.2 Å². The number of fused-ring (bicyclic) bond motifs is 1. The van der Waals surface area contributed by atoms with Crippen LogP contribution in [0.2, 0.25) is 0 Å². The number of nitrogens with zero attached hydrogens (tertiary/aromatic N) is 2. The van der Waals surface area contributed by atoms with Crippen LogP contribution in [0.1, 0.15) is 29.4 Å². The highest BCUT2D eigenvalue weighted by molar-refractivity contribution is 5.99. The Balaban J connectivity index is 1.74. The maximum absolute atomic E-state index is 14.2. The molecule has 1 aliphatic rings. The molecule has 2 heterocycles. The molecule has 28 heavy (non-hydrogen) atoms. The van der Waals surface area contributed by atoms with Gasteiger partial charge in [0.2, 0.25) is 0 Å². The van der Waals surface area contributed by atoms with Crippen molar-refractivity contribution in [3.8, 4) is 0 Å². The van der Waals surface area contributed by atoms with Gasteiger partial charge in [-0.05, 0) is 31.5 Å². The van der Waals surface area contributed by atoms with Crippen LogP contribution in [0.25, 0.3) is 10.9 Å². The average molecular weight is 380 g/mol. The first-order valence-corrected chi connectivity index (χ1v) is 9.23. The molecule has 1 unspecified atom stereocenters. The molecule has 5 nitrogen and oxygen atoms in total. The molecule has 6 heteroatoms. The highest BCUT2D eigenvalue weighted by atomic mass is 19.1. The fraction of sp³-hybridized carbons (Fsp3) is 0.273. The molecular weight excluding hydrogens is 359 g/mol. The van der Waals surface area contributed by atoms with E-state index < -0.39 is 11.4 Å². The molecule has 2 aromatic carbocycles. The van der Waals surface area contributed by atoms with E-state index in [1.807, 2.05) is 28.8 Å². The summed E-state index contributed by atoms with van der Waals surface area (Å²) in [5.41, 5.74) is 0.848. The van der Waals surface area contributed by atoms with Crippen LogP contribution in [0, 0.1) is 11.2 Å². The molecular formula is C22H21FN2O3. The minimum absolute atomic E-state index is 0.169. The molecule has 144 valence electrons. The maximum Gasteiger partial charge on any atom is 0.311 e. The first kappa shape index (κ1) is 18.2. The highest BCUT2D eigenvalue weighted by Gasteiger charge is 2.42. The van der Waals surface area contributed by atoms with Crippen LogP contribution in [0.3, 0.4) is 0 Å². The van der Waals surface area contributed by atoms with Crippen LogP contribution in [-0.2, 0) is 11.3 Å². The smallest absolute Gasteiger partial charge is 0.311 e. The summed E-state index contributed by atoms with van der Waals surface area (Å²) in [6.45, 7) is 2.45. The summed E-state index contributed by atoms with van der Waals surface area (Å²) < 4.78 is 16.0. The number of rotatable bonds is 4. The number of para-hydroxylation sites is 1. The van der Waals surface area contributed by atoms with Gasteiger partial charge in [0.15, 0.2) is 0 Å². The van der Waals surface area contributed by atoms with Crippen LogP contribution < -0.4 is 0 Å². The van der Waals surface area contributed by atoms with Gasteiger partial charge in [0.1, 0.15) is 11.5 Å². The molecule has 0 spiro atoms. The van der Waals surface area contributed by atoms with Gasteiger partial charge >= 0.3 is 5.97 Å². The number of carboxylic acid groups (broad SMARTS) is 1. The summed E-state index contributed by atoms with van der Waals surface area (Å²) in [5, 5.41) is 10.3. The Bertz CT molecular complexity index is 1070. The number of carbonyl (C=O) groups excluding carboxylic acids is 1. The standard InChI is InChI=1S/C22H21FN2O3/c1-22(21(27)28)10-11-24(14-22)20(26)19-12-15-6-3-5-9-18(15)25(19)13-16-7-2-4-8-17(16)23/h2-9,12H,10-11,13-14H2,1H3,(H,27,28). The molecule has 1 fully saturated rings. The first-order chi connectivity index (χ1) is 13.4. The number of aliphatic carboxylic acids is 1. The Morgan fingerprint density at radius 2 is 1.86 bits per heavy atom. The van der Waals surface area contributed by atoms with Crippen molar-refractivity contribution in [2.24, 2.45) is 5.41 Å². The number of benzene rings is 2. The molecule has 1 aliphatic heterocycles. The average Bonchev–Trinajstić information content (AvgIpc) is 3.25. The van der Waals surface area contributed by atoms with E-state index in [4.69, 9.17) is 0 Å². The Labute approximate surface area is 162 Å². The first-order valence-electron chi connectivity index (χ1n) is 9.23. The third kappa shape index (κ3) is 3.05. The number of carboxylic acids is 1. The van der Waals surface area contributed by atoms with Crippen molar-refractivity contribution in [2.75, 3.05) is 13.1 Å². The summed E-state index contributed by atoms with van der Waals surface area (Å²) in [5.74, 6) is -1.44.